The van der Waals surface area contributed by atoms with E-state index < -0.39 is 5.91 Å². The van der Waals surface area contributed by atoms with E-state index in [1.165, 1.54) is 23.0 Å². The van der Waals surface area contributed by atoms with Crippen LogP contribution in [0.5, 0.6) is 0 Å². The second-order valence-corrected chi connectivity index (χ2v) is 4.61. The van der Waals surface area contributed by atoms with E-state index in [4.69, 9.17) is 0 Å². The predicted octanol–water partition coefficient (Wildman–Crippen LogP) is 2.09. The lowest BCUT2D eigenvalue weighted by Crippen LogP contribution is -2.18. The van der Waals surface area contributed by atoms with Crippen LogP contribution in [0.2, 0.25) is 0 Å². The van der Waals surface area contributed by atoms with Crippen LogP contribution in [0.3, 0.4) is 0 Å². The molecule has 0 radical (unpaired) electrons. The van der Waals surface area contributed by atoms with Gasteiger partial charge >= 0.3 is 0 Å². The molecule has 0 fully saturated rings. The van der Waals surface area contributed by atoms with Crippen molar-refractivity contribution in [3.05, 3.63) is 52.0 Å². The molecule has 1 N–H and O–H groups in total. The predicted molar refractivity (Wildman–Crippen MR) is 72.4 cm³/mol. The molecule has 0 aliphatic rings. The molecule has 5 nitrogen and oxygen atoms in total. The number of carbonyl (C=O) groups excluding carboxylic acids is 1. The SMILES string of the molecule is Cn1cc(Br)c(C(=O)NN=Cc2cccc(F)c2)n1. The molecule has 1 aromatic carbocycles. The van der Waals surface area contributed by atoms with Gasteiger partial charge < -0.3 is 0 Å². The average Bonchev–Trinajstić information content (AvgIpc) is 2.68. The molecule has 1 heterocycles. The molecule has 0 saturated carbocycles. The van der Waals surface area contributed by atoms with Crippen molar-refractivity contribution < 1.29 is 9.18 Å². The number of amides is 1. The fourth-order valence-corrected chi connectivity index (χ4v) is 1.97. The van der Waals surface area contributed by atoms with Gasteiger partial charge in [0.15, 0.2) is 5.69 Å². The summed E-state index contributed by atoms with van der Waals surface area (Å²) < 4.78 is 15.0. The van der Waals surface area contributed by atoms with Crippen LogP contribution in [0.1, 0.15) is 16.1 Å². The maximum atomic E-state index is 12.9. The molecule has 19 heavy (non-hydrogen) atoms. The zero-order valence-corrected chi connectivity index (χ0v) is 11.6. The number of nitrogens with zero attached hydrogens (tertiary/aromatic N) is 3. The molecule has 98 valence electrons. The van der Waals surface area contributed by atoms with Crippen molar-refractivity contribution in [1.82, 2.24) is 15.2 Å². The maximum absolute atomic E-state index is 12.9. The van der Waals surface area contributed by atoms with Crippen molar-refractivity contribution in [2.75, 3.05) is 0 Å². The largest absolute Gasteiger partial charge is 0.293 e. The summed E-state index contributed by atoms with van der Waals surface area (Å²) in [5.74, 6) is -0.803. The fraction of sp³-hybridized carbons (Fsp3) is 0.0833. The monoisotopic (exact) mass is 324 g/mol. The highest BCUT2D eigenvalue weighted by Gasteiger charge is 2.13. The van der Waals surface area contributed by atoms with Crippen molar-refractivity contribution in [1.29, 1.82) is 0 Å². The number of rotatable bonds is 3. The fourth-order valence-electron chi connectivity index (χ4n) is 1.42. The molecule has 0 bridgehead atoms. The zero-order valence-electron chi connectivity index (χ0n) is 9.97. The third kappa shape index (κ3) is 3.47. The van der Waals surface area contributed by atoms with Crippen molar-refractivity contribution in [2.45, 2.75) is 0 Å². The topological polar surface area (TPSA) is 59.3 Å². The van der Waals surface area contributed by atoms with Crippen LogP contribution < -0.4 is 5.43 Å². The summed E-state index contributed by atoms with van der Waals surface area (Å²) in [4.78, 5) is 11.7. The first-order chi connectivity index (χ1) is 9.06. The summed E-state index contributed by atoms with van der Waals surface area (Å²) in [6.07, 6.45) is 3.02. The van der Waals surface area contributed by atoms with Gasteiger partial charge in [-0.05, 0) is 33.6 Å². The quantitative estimate of drug-likeness (QED) is 0.694. The summed E-state index contributed by atoms with van der Waals surface area (Å²) in [5, 5.41) is 7.72. The number of hydrogen-bond donors (Lipinski definition) is 1. The summed E-state index contributed by atoms with van der Waals surface area (Å²) in [6.45, 7) is 0. The summed E-state index contributed by atoms with van der Waals surface area (Å²) >= 11 is 3.22. The van der Waals surface area contributed by atoms with Crippen LogP contribution in [0, 0.1) is 5.82 Å². The minimum absolute atomic E-state index is 0.235. The number of aromatic nitrogens is 2. The minimum Gasteiger partial charge on any atom is -0.274 e. The Morgan fingerprint density at radius 1 is 1.58 bits per heavy atom. The molecule has 2 rings (SSSR count). The van der Waals surface area contributed by atoms with E-state index in [9.17, 15) is 9.18 Å². The van der Waals surface area contributed by atoms with E-state index in [1.807, 2.05) is 0 Å². The van der Waals surface area contributed by atoms with Crippen LogP contribution in [-0.2, 0) is 7.05 Å². The lowest BCUT2D eigenvalue weighted by molar-refractivity contribution is 0.0948. The second-order valence-electron chi connectivity index (χ2n) is 3.75. The van der Waals surface area contributed by atoms with Gasteiger partial charge in [-0.2, -0.15) is 10.2 Å². The molecule has 0 spiro atoms. The van der Waals surface area contributed by atoms with Crippen LogP contribution in [0.25, 0.3) is 0 Å². The Morgan fingerprint density at radius 3 is 3.00 bits per heavy atom. The third-order valence-electron chi connectivity index (χ3n) is 2.23. The number of halogens is 2. The van der Waals surface area contributed by atoms with Crippen LogP contribution in [0.4, 0.5) is 4.39 Å². The first-order valence-electron chi connectivity index (χ1n) is 5.34. The Balaban J connectivity index is 2.03. The van der Waals surface area contributed by atoms with Gasteiger partial charge in [-0.25, -0.2) is 9.82 Å². The number of hydrazone groups is 1. The number of nitrogens with one attached hydrogen (secondary N) is 1. The van der Waals surface area contributed by atoms with E-state index in [0.29, 0.717) is 10.0 Å². The highest BCUT2D eigenvalue weighted by atomic mass is 79.9. The highest BCUT2D eigenvalue weighted by Crippen LogP contribution is 2.13. The van der Waals surface area contributed by atoms with Gasteiger partial charge in [0, 0.05) is 13.2 Å². The van der Waals surface area contributed by atoms with E-state index in [-0.39, 0.29) is 11.5 Å². The standard InChI is InChI=1S/C12H10BrFN4O/c1-18-7-10(13)11(17-18)12(19)16-15-6-8-3-2-4-9(14)5-8/h2-7H,1H3,(H,16,19). The molecule has 1 amide bonds. The normalized spacial score (nSPS) is 10.9. The van der Waals surface area contributed by atoms with Gasteiger partial charge in [-0.3, -0.25) is 9.48 Å². The molecular weight excluding hydrogens is 315 g/mol. The van der Waals surface area contributed by atoms with Gasteiger partial charge in [0.1, 0.15) is 5.82 Å². The lowest BCUT2D eigenvalue weighted by atomic mass is 10.2. The highest BCUT2D eigenvalue weighted by molar-refractivity contribution is 9.10. The molecule has 0 atom stereocenters. The van der Waals surface area contributed by atoms with Crippen molar-refractivity contribution in [2.24, 2.45) is 12.1 Å². The minimum atomic E-state index is -0.444. The van der Waals surface area contributed by atoms with Crippen molar-refractivity contribution >= 4 is 28.1 Å². The van der Waals surface area contributed by atoms with E-state index in [0.717, 1.165) is 0 Å². The van der Waals surface area contributed by atoms with Crippen molar-refractivity contribution in [3.63, 3.8) is 0 Å². The Bertz CT molecular complexity index is 638. The average molecular weight is 325 g/mol. The first kappa shape index (κ1) is 13.4. The van der Waals surface area contributed by atoms with Gasteiger partial charge in [-0.15, -0.1) is 0 Å². The van der Waals surface area contributed by atoms with Gasteiger partial charge in [0.25, 0.3) is 5.91 Å². The molecule has 0 aliphatic carbocycles. The second kappa shape index (κ2) is 5.75. The number of hydrogen-bond acceptors (Lipinski definition) is 3. The number of carbonyl (C=O) groups is 1. The Morgan fingerprint density at radius 2 is 2.37 bits per heavy atom. The molecular formula is C12H10BrFN4O. The van der Waals surface area contributed by atoms with Crippen LogP contribution in [0.15, 0.2) is 40.0 Å². The number of benzene rings is 1. The van der Waals surface area contributed by atoms with Crippen molar-refractivity contribution in [3.8, 4) is 0 Å². The maximum Gasteiger partial charge on any atom is 0.293 e. The van der Waals surface area contributed by atoms with Gasteiger partial charge in [0.05, 0.1) is 10.7 Å². The van der Waals surface area contributed by atoms with Gasteiger partial charge in [-0.1, -0.05) is 12.1 Å². The Labute approximate surface area is 117 Å². The molecule has 7 heteroatoms. The van der Waals surface area contributed by atoms with Crippen LogP contribution >= 0.6 is 15.9 Å². The number of aryl methyl sites for hydroxylation is 1. The summed E-state index contributed by atoms with van der Waals surface area (Å²) in [6, 6.07) is 5.89. The van der Waals surface area contributed by atoms with Gasteiger partial charge in [0.2, 0.25) is 0 Å². The molecule has 0 unspecified atom stereocenters. The molecule has 0 aliphatic heterocycles. The molecule has 1 aromatic heterocycles. The van der Waals surface area contributed by atoms with Crippen LogP contribution in [-0.4, -0.2) is 21.9 Å². The molecule has 0 saturated heterocycles. The van der Waals surface area contributed by atoms with E-state index in [1.54, 1.807) is 25.4 Å². The Kier molecular flexibility index (Phi) is 4.06. The van der Waals surface area contributed by atoms with E-state index in [2.05, 4.69) is 31.6 Å². The lowest BCUT2D eigenvalue weighted by Gasteiger charge is -1.96. The zero-order chi connectivity index (χ0) is 13.8. The summed E-state index contributed by atoms with van der Waals surface area (Å²) in [7, 11) is 1.71. The Hall–Kier alpha value is -2.02. The third-order valence-corrected chi connectivity index (χ3v) is 2.81. The van der Waals surface area contributed by atoms with E-state index >= 15 is 0 Å². The smallest absolute Gasteiger partial charge is 0.274 e. The first-order valence-corrected chi connectivity index (χ1v) is 6.13. The molecule has 2 aromatic rings. The summed E-state index contributed by atoms with van der Waals surface area (Å²) in [5.41, 5.74) is 3.11.